The lowest BCUT2D eigenvalue weighted by Crippen LogP contribution is -2.23. The third kappa shape index (κ3) is 4.19. The van der Waals surface area contributed by atoms with Crippen molar-refractivity contribution in [3.63, 3.8) is 0 Å². The standard InChI is InChI=1S/C16H18BrN3O3/c1-3-23-16(22)14-11-18-19(15(14)20(17)12(2)21)10-9-13-7-5-4-6-8-13/h4-8,11H,3,9-10H2,1-2H3. The molecular weight excluding hydrogens is 362 g/mol. The van der Waals surface area contributed by atoms with Crippen molar-refractivity contribution in [2.75, 3.05) is 10.5 Å². The summed E-state index contributed by atoms with van der Waals surface area (Å²) in [5.74, 6) is -0.372. The fourth-order valence-electron chi connectivity index (χ4n) is 2.13. The number of hydrogen-bond donors (Lipinski definition) is 0. The normalized spacial score (nSPS) is 10.4. The number of esters is 1. The molecule has 122 valence electrons. The van der Waals surface area contributed by atoms with E-state index in [4.69, 9.17) is 4.74 Å². The average molecular weight is 380 g/mol. The van der Waals surface area contributed by atoms with Gasteiger partial charge in [-0.1, -0.05) is 30.3 Å². The molecule has 0 radical (unpaired) electrons. The SMILES string of the molecule is CCOC(=O)c1cnn(CCc2ccccc2)c1N(Br)C(C)=O. The molecule has 2 rings (SSSR count). The van der Waals surface area contributed by atoms with Crippen LogP contribution in [0.15, 0.2) is 36.5 Å². The second-order valence-corrected chi connectivity index (χ2v) is 5.57. The van der Waals surface area contributed by atoms with Crippen LogP contribution in [0.25, 0.3) is 0 Å². The van der Waals surface area contributed by atoms with Gasteiger partial charge in [0.25, 0.3) is 0 Å². The van der Waals surface area contributed by atoms with Crippen molar-refractivity contribution in [1.29, 1.82) is 0 Å². The van der Waals surface area contributed by atoms with E-state index in [2.05, 4.69) is 21.2 Å². The first-order valence-electron chi connectivity index (χ1n) is 7.28. The van der Waals surface area contributed by atoms with E-state index in [0.29, 0.717) is 12.4 Å². The van der Waals surface area contributed by atoms with Gasteiger partial charge in [-0.25, -0.2) is 13.4 Å². The Bertz CT molecular complexity index is 685. The monoisotopic (exact) mass is 379 g/mol. The first-order chi connectivity index (χ1) is 11.0. The van der Waals surface area contributed by atoms with Crippen LogP contribution in [0.1, 0.15) is 29.8 Å². The molecule has 0 aliphatic carbocycles. The second kappa shape index (κ2) is 7.92. The molecule has 0 atom stereocenters. The first-order valence-corrected chi connectivity index (χ1v) is 7.98. The number of halogens is 1. The lowest BCUT2D eigenvalue weighted by Gasteiger charge is -2.16. The van der Waals surface area contributed by atoms with Crippen LogP contribution in [0.5, 0.6) is 0 Å². The molecule has 1 aromatic heterocycles. The molecule has 1 heterocycles. The van der Waals surface area contributed by atoms with E-state index in [1.54, 1.807) is 11.6 Å². The molecule has 0 spiro atoms. The smallest absolute Gasteiger partial charge is 0.343 e. The van der Waals surface area contributed by atoms with Crippen molar-refractivity contribution in [3.8, 4) is 0 Å². The number of anilines is 1. The van der Waals surface area contributed by atoms with E-state index >= 15 is 0 Å². The third-order valence-electron chi connectivity index (χ3n) is 3.22. The van der Waals surface area contributed by atoms with E-state index in [0.717, 1.165) is 12.0 Å². The molecule has 0 saturated heterocycles. The zero-order valence-corrected chi connectivity index (χ0v) is 14.6. The van der Waals surface area contributed by atoms with Gasteiger partial charge < -0.3 is 4.74 Å². The van der Waals surface area contributed by atoms with Crippen LogP contribution in [0.3, 0.4) is 0 Å². The maximum atomic E-state index is 12.0. The summed E-state index contributed by atoms with van der Waals surface area (Å²) in [4.78, 5) is 23.7. The van der Waals surface area contributed by atoms with Gasteiger partial charge in [0.05, 0.1) is 29.0 Å². The molecule has 6 nitrogen and oxygen atoms in total. The molecule has 7 heteroatoms. The van der Waals surface area contributed by atoms with E-state index in [1.165, 1.54) is 17.0 Å². The van der Waals surface area contributed by atoms with Crippen molar-refractivity contribution < 1.29 is 14.3 Å². The second-order valence-electron chi connectivity index (χ2n) is 4.86. The zero-order chi connectivity index (χ0) is 16.8. The molecular formula is C16H18BrN3O3. The first kappa shape index (κ1) is 17.2. The molecule has 0 N–H and O–H groups in total. The van der Waals surface area contributed by atoms with Gasteiger partial charge in [0, 0.05) is 13.5 Å². The number of aromatic nitrogens is 2. The van der Waals surface area contributed by atoms with Crippen LogP contribution >= 0.6 is 16.1 Å². The number of rotatable bonds is 6. The van der Waals surface area contributed by atoms with Gasteiger partial charge in [-0.2, -0.15) is 5.10 Å². The Morgan fingerprint density at radius 1 is 1.30 bits per heavy atom. The Hall–Kier alpha value is -2.15. The maximum absolute atomic E-state index is 12.0. The van der Waals surface area contributed by atoms with Crippen LogP contribution < -0.4 is 3.93 Å². The molecule has 0 unspecified atom stereocenters. The molecule has 0 aliphatic rings. The predicted octanol–water partition coefficient (Wildman–Crippen LogP) is 2.97. The third-order valence-corrected chi connectivity index (χ3v) is 4.06. The minimum absolute atomic E-state index is 0.253. The number of hydrogen-bond acceptors (Lipinski definition) is 4. The fourth-order valence-corrected chi connectivity index (χ4v) is 2.51. The molecule has 1 amide bonds. The minimum atomic E-state index is -0.501. The topological polar surface area (TPSA) is 64.4 Å². The van der Waals surface area contributed by atoms with Crippen LogP contribution in [0, 0.1) is 0 Å². The van der Waals surface area contributed by atoms with Gasteiger partial charge in [0.1, 0.15) is 5.56 Å². The van der Waals surface area contributed by atoms with Gasteiger partial charge in [-0.15, -0.1) is 0 Å². The molecule has 2 aromatic rings. The average Bonchev–Trinajstić information content (AvgIpc) is 2.97. The quantitative estimate of drug-likeness (QED) is 0.571. The van der Waals surface area contributed by atoms with Crippen LogP contribution in [0.4, 0.5) is 5.82 Å². The summed E-state index contributed by atoms with van der Waals surface area (Å²) >= 11 is 3.19. The van der Waals surface area contributed by atoms with Crippen LogP contribution in [-0.4, -0.2) is 28.3 Å². The highest BCUT2D eigenvalue weighted by Crippen LogP contribution is 2.25. The number of ether oxygens (including phenoxy) is 1. The lowest BCUT2D eigenvalue weighted by molar-refractivity contribution is -0.115. The maximum Gasteiger partial charge on any atom is 0.343 e. The summed E-state index contributed by atoms with van der Waals surface area (Å²) in [5, 5.41) is 4.23. The van der Waals surface area contributed by atoms with Gasteiger partial charge in [-0.3, -0.25) is 4.79 Å². The Labute approximate surface area is 143 Å². The highest BCUT2D eigenvalue weighted by atomic mass is 79.9. The summed E-state index contributed by atoms with van der Waals surface area (Å²) < 4.78 is 7.88. The summed E-state index contributed by atoms with van der Waals surface area (Å²) in [5.41, 5.74) is 1.41. The summed E-state index contributed by atoms with van der Waals surface area (Å²) in [6.45, 7) is 3.93. The Morgan fingerprint density at radius 2 is 2.00 bits per heavy atom. The summed E-state index contributed by atoms with van der Waals surface area (Å²) in [6, 6.07) is 9.93. The van der Waals surface area contributed by atoms with Gasteiger partial charge >= 0.3 is 5.97 Å². The highest BCUT2D eigenvalue weighted by molar-refractivity contribution is 9.10. The van der Waals surface area contributed by atoms with Crippen LogP contribution in [-0.2, 0) is 22.5 Å². The van der Waals surface area contributed by atoms with E-state index in [1.807, 2.05) is 30.3 Å². The number of carbonyl (C=O) groups is 2. The van der Waals surface area contributed by atoms with Gasteiger partial charge in [0.2, 0.25) is 5.91 Å². The lowest BCUT2D eigenvalue weighted by atomic mass is 10.1. The number of amides is 1. The zero-order valence-electron chi connectivity index (χ0n) is 13.0. The van der Waals surface area contributed by atoms with E-state index < -0.39 is 5.97 Å². The molecule has 23 heavy (non-hydrogen) atoms. The molecule has 1 aromatic carbocycles. The van der Waals surface area contributed by atoms with Crippen molar-refractivity contribution in [1.82, 2.24) is 9.78 Å². The predicted molar refractivity (Wildman–Crippen MR) is 90.4 cm³/mol. The summed E-state index contributed by atoms with van der Waals surface area (Å²) in [6.07, 6.45) is 2.16. The largest absolute Gasteiger partial charge is 0.462 e. The van der Waals surface area contributed by atoms with E-state index in [-0.39, 0.29) is 18.1 Å². The van der Waals surface area contributed by atoms with E-state index in [9.17, 15) is 9.59 Å². The number of aryl methyl sites for hydroxylation is 2. The Morgan fingerprint density at radius 3 is 2.61 bits per heavy atom. The van der Waals surface area contributed by atoms with Gasteiger partial charge in [0.15, 0.2) is 5.82 Å². The van der Waals surface area contributed by atoms with Crippen molar-refractivity contribution in [2.24, 2.45) is 0 Å². The van der Waals surface area contributed by atoms with Crippen molar-refractivity contribution in [3.05, 3.63) is 47.7 Å². The Balaban J connectivity index is 2.28. The van der Waals surface area contributed by atoms with Gasteiger partial charge in [-0.05, 0) is 18.9 Å². The minimum Gasteiger partial charge on any atom is -0.462 e. The Kier molecular flexibility index (Phi) is 5.92. The number of benzene rings is 1. The van der Waals surface area contributed by atoms with Crippen LogP contribution in [0.2, 0.25) is 0 Å². The highest BCUT2D eigenvalue weighted by Gasteiger charge is 2.24. The molecule has 0 saturated carbocycles. The molecule has 0 fully saturated rings. The molecule has 0 bridgehead atoms. The van der Waals surface area contributed by atoms with Crippen molar-refractivity contribution in [2.45, 2.75) is 26.8 Å². The fraction of sp³-hybridized carbons (Fsp3) is 0.312. The molecule has 0 aliphatic heterocycles. The number of nitrogens with zero attached hydrogens (tertiary/aromatic N) is 3. The van der Waals surface area contributed by atoms with Crippen molar-refractivity contribution >= 4 is 33.8 Å². The summed E-state index contributed by atoms with van der Waals surface area (Å²) in [7, 11) is 0. The number of carbonyl (C=O) groups excluding carboxylic acids is 2.